The van der Waals surface area contributed by atoms with Crippen LogP contribution in [-0.4, -0.2) is 38.6 Å². The van der Waals surface area contributed by atoms with Gasteiger partial charge in [-0.05, 0) is 44.7 Å². The zero-order valence-corrected chi connectivity index (χ0v) is 11.9. The Kier molecular flexibility index (Phi) is 8.21. The predicted octanol–water partition coefficient (Wildman–Crippen LogP) is 1.23. The first-order chi connectivity index (χ1) is 9.22. The third-order valence-corrected chi connectivity index (χ3v) is 3.55. The van der Waals surface area contributed by atoms with Crippen molar-refractivity contribution in [3.05, 3.63) is 0 Å². The molecular weight excluding hydrogens is 244 g/mol. The lowest BCUT2D eigenvalue weighted by Gasteiger charge is -2.08. The number of methoxy groups -OCH3 is 1. The van der Waals surface area contributed by atoms with E-state index in [-0.39, 0.29) is 11.9 Å². The average Bonchev–Trinajstić information content (AvgIpc) is 2.93. The number of hydrogen-bond donors (Lipinski definition) is 2. The zero-order chi connectivity index (χ0) is 13.9. The standard InChI is InChI=1S/C14H26N2O3/c1-19-14(18)5-3-2-4-9-16-13(17)7-6-12-8-10-15-11-12/h12,15H,2-11H2,1H3,(H,16,17). The van der Waals surface area contributed by atoms with Crippen LogP contribution in [0.3, 0.4) is 0 Å². The SMILES string of the molecule is COC(=O)CCCCCNC(=O)CCC1CCNC1. The van der Waals surface area contributed by atoms with Crippen molar-refractivity contribution < 1.29 is 14.3 Å². The lowest BCUT2D eigenvalue weighted by atomic mass is 10.0. The van der Waals surface area contributed by atoms with Gasteiger partial charge in [0.25, 0.3) is 0 Å². The van der Waals surface area contributed by atoms with Crippen LogP contribution in [-0.2, 0) is 14.3 Å². The van der Waals surface area contributed by atoms with Crippen LogP contribution in [0.2, 0.25) is 0 Å². The molecule has 1 heterocycles. The van der Waals surface area contributed by atoms with Crippen molar-refractivity contribution in [2.45, 2.75) is 44.9 Å². The summed E-state index contributed by atoms with van der Waals surface area (Å²) in [6.07, 6.45) is 5.99. The lowest BCUT2D eigenvalue weighted by molar-refractivity contribution is -0.140. The van der Waals surface area contributed by atoms with Crippen molar-refractivity contribution in [3.8, 4) is 0 Å². The second kappa shape index (κ2) is 9.78. The second-order valence-corrected chi connectivity index (χ2v) is 5.13. The Labute approximate surface area is 115 Å². The maximum Gasteiger partial charge on any atom is 0.305 e. The summed E-state index contributed by atoms with van der Waals surface area (Å²) in [5, 5.41) is 6.24. The van der Waals surface area contributed by atoms with Crippen LogP contribution in [0.5, 0.6) is 0 Å². The number of ether oxygens (including phenoxy) is 1. The van der Waals surface area contributed by atoms with Crippen molar-refractivity contribution in [1.82, 2.24) is 10.6 Å². The summed E-state index contributed by atoms with van der Waals surface area (Å²) >= 11 is 0. The molecule has 0 aliphatic carbocycles. The zero-order valence-electron chi connectivity index (χ0n) is 11.9. The number of amides is 1. The fraction of sp³-hybridized carbons (Fsp3) is 0.857. The molecule has 1 aliphatic rings. The molecule has 1 atom stereocenters. The summed E-state index contributed by atoms with van der Waals surface area (Å²) in [5.74, 6) is 0.667. The molecule has 1 aliphatic heterocycles. The summed E-state index contributed by atoms with van der Waals surface area (Å²) in [4.78, 5) is 22.4. The van der Waals surface area contributed by atoms with Crippen LogP contribution in [0, 0.1) is 5.92 Å². The van der Waals surface area contributed by atoms with E-state index < -0.39 is 0 Å². The van der Waals surface area contributed by atoms with E-state index in [9.17, 15) is 9.59 Å². The Morgan fingerprint density at radius 1 is 1.26 bits per heavy atom. The fourth-order valence-corrected chi connectivity index (χ4v) is 2.29. The van der Waals surface area contributed by atoms with Crippen molar-refractivity contribution in [1.29, 1.82) is 0 Å². The second-order valence-electron chi connectivity index (χ2n) is 5.13. The van der Waals surface area contributed by atoms with E-state index in [4.69, 9.17) is 0 Å². The van der Waals surface area contributed by atoms with Crippen LogP contribution < -0.4 is 10.6 Å². The number of carbonyl (C=O) groups excluding carboxylic acids is 2. The van der Waals surface area contributed by atoms with Gasteiger partial charge in [0.1, 0.15) is 0 Å². The molecule has 0 saturated carbocycles. The molecule has 1 fully saturated rings. The molecule has 0 aromatic heterocycles. The third-order valence-electron chi connectivity index (χ3n) is 3.55. The number of hydrogen-bond acceptors (Lipinski definition) is 4. The highest BCUT2D eigenvalue weighted by Crippen LogP contribution is 2.13. The topological polar surface area (TPSA) is 67.4 Å². The summed E-state index contributed by atoms with van der Waals surface area (Å²) in [6, 6.07) is 0. The van der Waals surface area contributed by atoms with E-state index >= 15 is 0 Å². The van der Waals surface area contributed by atoms with Gasteiger partial charge in [-0.25, -0.2) is 0 Å². The molecule has 1 amide bonds. The normalized spacial score (nSPS) is 18.3. The first-order valence-electron chi connectivity index (χ1n) is 7.26. The third kappa shape index (κ3) is 7.82. The summed E-state index contributed by atoms with van der Waals surface area (Å²) in [7, 11) is 1.41. The van der Waals surface area contributed by atoms with E-state index in [1.165, 1.54) is 13.5 Å². The van der Waals surface area contributed by atoms with Gasteiger partial charge in [0.15, 0.2) is 0 Å². The molecule has 0 radical (unpaired) electrons. The van der Waals surface area contributed by atoms with Gasteiger partial charge in [0.2, 0.25) is 5.91 Å². The van der Waals surface area contributed by atoms with Gasteiger partial charge in [0.05, 0.1) is 7.11 Å². The fourth-order valence-electron chi connectivity index (χ4n) is 2.29. The maximum atomic E-state index is 11.6. The van der Waals surface area contributed by atoms with Gasteiger partial charge in [-0.15, -0.1) is 0 Å². The number of nitrogens with one attached hydrogen (secondary N) is 2. The molecule has 0 bridgehead atoms. The molecule has 1 rings (SSSR count). The minimum Gasteiger partial charge on any atom is -0.469 e. The van der Waals surface area contributed by atoms with E-state index in [0.29, 0.717) is 25.3 Å². The van der Waals surface area contributed by atoms with Gasteiger partial charge in [-0.1, -0.05) is 6.42 Å². The molecule has 5 nitrogen and oxygen atoms in total. The molecule has 0 spiro atoms. The Balaban J connectivity index is 1.88. The number of carbonyl (C=O) groups is 2. The van der Waals surface area contributed by atoms with Crippen LogP contribution in [0.4, 0.5) is 0 Å². The highest BCUT2D eigenvalue weighted by molar-refractivity contribution is 5.75. The maximum absolute atomic E-state index is 11.6. The first kappa shape index (κ1) is 16.0. The van der Waals surface area contributed by atoms with E-state index in [2.05, 4.69) is 15.4 Å². The monoisotopic (exact) mass is 270 g/mol. The molecule has 1 unspecified atom stereocenters. The molecule has 0 aromatic rings. The molecule has 0 aromatic carbocycles. The van der Waals surface area contributed by atoms with Gasteiger partial charge in [-0.2, -0.15) is 0 Å². The smallest absolute Gasteiger partial charge is 0.305 e. The van der Waals surface area contributed by atoms with Gasteiger partial charge >= 0.3 is 5.97 Å². The highest BCUT2D eigenvalue weighted by Gasteiger charge is 2.15. The Morgan fingerprint density at radius 3 is 2.79 bits per heavy atom. The lowest BCUT2D eigenvalue weighted by Crippen LogP contribution is -2.25. The quantitative estimate of drug-likeness (QED) is 0.488. The van der Waals surface area contributed by atoms with Gasteiger partial charge in [0, 0.05) is 19.4 Å². The van der Waals surface area contributed by atoms with E-state index in [0.717, 1.165) is 38.8 Å². The van der Waals surface area contributed by atoms with Crippen LogP contribution in [0.1, 0.15) is 44.9 Å². The molecule has 5 heteroatoms. The largest absolute Gasteiger partial charge is 0.469 e. The van der Waals surface area contributed by atoms with Crippen LogP contribution in [0.15, 0.2) is 0 Å². The van der Waals surface area contributed by atoms with E-state index in [1.807, 2.05) is 0 Å². The minimum atomic E-state index is -0.158. The summed E-state index contributed by atoms with van der Waals surface area (Å²) in [5.41, 5.74) is 0. The first-order valence-corrected chi connectivity index (χ1v) is 7.26. The average molecular weight is 270 g/mol. The van der Waals surface area contributed by atoms with Gasteiger partial charge < -0.3 is 15.4 Å². The highest BCUT2D eigenvalue weighted by atomic mass is 16.5. The van der Waals surface area contributed by atoms with Crippen molar-refractivity contribution in [2.75, 3.05) is 26.7 Å². The Hall–Kier alpha value is -1.10. The van der Waals surface area contributed by atoms with Crippen LogP contribution in [0.25, 0.3) is 0 Å². The van der Waals surface area contributed by atoms with E-state index in [1.54, 1.807) is 0 Å². The minimum absolute atomic E-state index is 0.153. The number of rotatable bonds is 9. The summed E-state index contributed by atoms with van der Waals surface area (Å²) in [6.45, 7) is 2.86. The van der Waals surface area contributed by atoms with Gasteiger partial charge in [-0.3, -0.25) is 9.59 Å². The number of esters is 1. The number of unbranched alkanes of at least 4 members (excludes halogenated alkanes) is 2. The Bertz CT molecular complexity index is 276. The molecule has 19 heavy (non-hydrogen) atoms. The van der Waals surface area contributed by atoms with Crippen molar-refractivity contribution in [3.63, 3.8) is 0 Å². The molecular formula is C14H26N2O3. The summed E-state index contributed by atoms with van der Waals surface area (Å²) < 4.78 is 4.56. The van der Waals surface area contributed by atoms with Crippen molar-refractivity contribution in [2.24, 2.45) is 5.92 Å². The predicted molar refractivity (Wildman–Crippen MR) is 73.7 cm³/mol. The van der Waals surface area contributed by atoms with Crippen LogP contribution >= 0.6 is 0 Å². The molecule has 1 saturated heterocycles. The molecule has 2 N–H and O–H groups in total. The Morgan fingerprint density at radius 2 is 2.11 bits per heavy atom. The van der Waals surface area contributed by atoms with Crippen molar-refractivity contribution >= 4 is 11.9 Å². The molecule has 110 valence electrons.